The number of aromatic nitrogens is 2. The van der Waals surface area contributed by atoms with Crippen LogP contribution >= 0.6 is 11.6 Å². The normalized spacial score (nSPS) is 21.2. The molecular weight excluding hydrogens is 218 g/mol. The summed E-state index contributed by atoms with van der Waals surface area (Å²) in [4.78, 5) is 2.01. The zero-order valence-electron chi connectivity index (χ0n) is 8.40. The van der Waals surface area contributed by atoms with Crippen LogP contribution in [0.3, 0.4) is 0 Å². The molecule has 84 valence electrons. The van der Waals surface area contributed by atoms with E-state index in [2.05, 4.69) is 10.2 Å². The van der Waals surface area contributed by atoms with Crippen LogP contribution < -0.4 is 4.90 Å². The van der Waals surface area contributed by atoms with E-state index >= 15 is 0 Å². The maximum absolute atomic E-state index is 9.01. The van der Waals surface area contributed by atoms with Gasteiger partial charge in [0.15, 0.2) is 0 Å². The molecule has 0 radical (unpaired) electrons. The van der Waals surface area contributed by atoms with Crippen LogP contribution in [0.4, 0.5) is 6.01 Å². The van der Waals surface area contributed by atoms with Crippen molar-refractivity contribution < 1.29 is 9.52 Å². The lowest BCUT2D eigenvalue weighted by Crippen LogP contribution is -2.20. The van der Waals surface area contributed by atoms with Crippen LogP contribution in [0.15, 0.2) is 4.42 Å². The number of anilines is 1. The van der Waals surface area contributed by atoms with Crippen molar-refractivity contribution in [1.29, 1.82) is 0 Å². The molecule has 2 heterocycles. The van der Waals surface area contributed by atoms with Crippen molar-refractivity contribution in [1.82, 2.24) is 10.2 Å². The molecule has 2 rings (SSSR count). The second-order valence-corrected chi connectivity index (χ2v) is 4.08. The van der Waals surface area contributed by atoms with E-state index in [0.717, 1.165) is 19.5 Å². The summed E-state index contributed by atoms with van der Waals surface area (Å²) in [7, 11) is 0. The molecule has 0 saturated carbocycles. The Balaban J connectivity index is 1.97. The highest BCUT2D eigenvalue weighted by Gasteiger charge is 2.25. The molecule has 5 nitrogen and oxygen atoms in total. The zero-order valence-corrected chi connectivity index (χ0v) is 9.15. The number of nitrogens with zero attached hydrogens (tertiary/aromatic N) is 3. The van der Waals surface area contributed by atoms with Crippen molar-refractivity contribution >= 4 is 17.6 Å². The van der Waals surface area contributed by atoms with Gasteiger partial charge >= 0.3 is 6.01 Å². The van der Waals surface area contributed by atoms with Crippen LogP contribution in [-0.4, -0.2) is 40.9 Å². The van der Waals surface area contributed by atoms with Crippen molar-refractivity contribution in [3.8, 4) is 0 Å². The molecule has 1 fully saturated rings. The number of hydrogen-bond acceptors (Lipinski definition) is 5. The first kappa shape index (κ1) is 10.7. The summed E-state index contributed by atoms with van der Waals surface area (Å²) in [5, 5.41) is 16.9. The highest BCUT2D eigenvalue weighted by molar-refractivity contribution is 6.17. The van der Waals surface area contributed by atoms with E-state index in [1.807, 2.05) is 4.90 Å². The van der Waals surface area contributed by atoms with Crippen LogP contribution in [0, 0.1) is 5.92 Å². The molecule has 15 heavy (non-hydrogen) atoms. The lowest BCUT2D eigenvalue weighted by Gasteiger charge is -2.11. The van der Waals surface area contributed by atoms with Gasteiger partial charge in [-0.15, -0.1) is 16.7 Å². The van der Waals surface area contributed by atoms with Gasteiger partial charge in [0, 0.05) is 37.9 Å². The summed E-state index contributed by atoms with van der Waals surface area (Å²) in [6.07, 6.45) is 1.58. The van der Waals surface area contributed by atoms with Crippen LogP contribution in [0.5, 0.6) is 0 Å². The Bertz CT molecular complexity index is 318. The Labute approximate surface area is 93.0 Å². The summed E-state index contributed by atoms with van der Waals surface area (Å²) in [6, 6.07) is 0.547. The third-order valence-electron chi connectivity index (χ3n) is 2.58. The Morgan fingerprint density at radius 3 is 3.07 bits per heavy atom. The summed E-state index contributed by atoms with van der Waals surface area (Å²) in [6.45, 7) is 1.88. The number of hydrogen-bond donors (Lipinski definition) is 1. The Hall–Kier alpha value is -0.810. The molecule has 1 aromatic rings. The molecule has 1 atom stereocenters. The molecule has 1 saturated heterocycles. The fraction of sp³-hybridized carbons (Fsp3) is 0.778. The fourth-order valence-corrected chi connectivity index (χ4v) is 1.87. The first-order valence-electron chi connectivity index (χ1n) is 5.07. The van der Waals surface area contributed by atoms with Crippen molar-refractivity contribution in [3.05, 3.63) is 5.89 Å². The number of aryl methyl sites for hydroxylation is 1. The molecule has 1 unspecified atom stereocenters. The van der Waals surface area contributed by atoms with Gasteiger partial charge in [0.2, 0.25) is 5.89 Å². The summed E-state index contributed by atoms with van der Waals surface area (Å²) in [5.74, 6) is 1.39. The lowest BCUT2D eigenvalue weighted by molar-refractivity contribution is 0.238. The van der Waals surface area contributed by atoms with Crippen LogP contribution in [0.2, 0.25) is 0 Å². The molecular formula is C9H14ClN3O2. The van der Waals surface area contributed by atoms with Gasteiger partial charge < -0.3 is 14.4 Å². The molecule has 6 heteroatoms. The van der Waals surface area contributed by atoms with Crippen molar-refractivity contribution in [2.45, 2.75) is 12.8 Å². The van der Waals surface area contributed by atoms with Gasteiger partial charge in [-0.3, -0.25) is 0 Å². The minimum absolute atomic E-state index is 0.221. The van der Waals surface area contributed by atoms with Gasteiger partial charge in [-0.25, -0.2) is 0 Å². The topological polar surface area (TPSA) is 62.4 Å². The average Bonchev–Trinajstić information content (AvgIpc) is 2.85. The number of rotatable bonds is 4. The van der Waals surface area contributed by atoms with E-state index < -0.39 is 0 Å². The van der Waals surface area contributed by atoms with Crippen LogP contribution in [-0.2, 0) is 6.42 Å². The summed E-state index contributed by atoms with van der Waals surface area (Å²) >= 11 is 5.58. The quantitative estimate of drug-likeness (QED) is 0.772. The zero-order chi connectivity index (χ0) is 10.7. The van der Waals surface area contributed by atoms with E-state index in [1.165, 1.54) is 0 Å². The molecule has 1 N–H and O–H groups in total. The van der Waals surface area contributed by atoms with Gasteiger partial charge in [-0.2, -0.15) is 0 Å². The van der Waals surface area contributed by atoms with Gasteiger partial charge in [-0.05, 0) is 6.42 Å². The predicted octanol–water partition coefficient (Wildman–Crippen LogP) is 0.669. The third-order valence-corrected chi connectivity index (χ3v) is 2.77. The number of aliphatic hydroxyl groups excluding tert-OH is 1. The second kappa shape index (κ2) is 4.81. The Kier molecular flexibility index (Phi) is 3.43. The summed E-state index contributed by atoms with van der Waals surface area (Å²) < 4.78 is 5.44. The van der Waals surface area contributed by atoms with Gasteiger partial charge in [0.1, 0.15) is 0 Å². The number of aliphatic hydroxyl groups is 1. The smallest absolute Gasteiger partial charge is 0.318 e. The van der Waals surface area contributed by atoms with Crippen LogP contribution in [0.25, 0.3) is 0 Å². The number of halogens is 1. The molecule has 0 bridgehead atoms. The fourth-order valence-electron chi connectivity index (χ4n) is 1.71. The Morgan fingerprint density at radius 2 is 2.40 bits per heavy atom. The van der Waals surface area contributed by atoms with Gasteiger partial charge in [0.05, 0.1) is 0 Å². The molecule has 0 aromatic carbocycles. The van der Waals surface area contributed by atoms with Crippen molar-refractivity contribution in [2.24, 2.45) is 5.92 Å². The molecule has 1 aliphatic rings. The highest BCUT2D eigenvalue weighted by Crippen LogP contribution is 2.22. The average molecular weight is 232 g/mol. The molecule has 0 spiro atoms. The van der Waals surface area contributed by atoms with Gasteiger partial charge in [-0.1, -0.05) is 5.10 Å². The predicted molar refractivity (Wildman–Crippen MR) is 56.1 cm³/mol. The Morgan fingerprint density at radius 1 is 1.53 bits per heavy atom. The SMILES string of the molecule is OCC1CCN(c2nnc(CCCl)o2)C1. The molecule has 0 amide bonds. The van der Waals surface area contributed by atoms with E-state index in [4.69, 9.17) is 21.1 Å². The third kappa shape index (κ3) is 2.41. The first-order chi connectivity index (χ1) is 7.33. The van der Waals surface area contributed by atoms with E-state index in [-0.39, 0.29) is 6.61 Å². The molecule has 1 aliphatic heterocycles. The highest BCUT2D eigenvalue weighted by atomic mass is 35.5. The minimum Gasteiger partial charge on any atom is -0.408 e. The first-order valence-corrected chi connectivity index (χ1v) is 5.61. The van der Waals surface area contributed by atoms with Crippen LogP contribution in [0.1, 0.15) is 12.3 Å². The van der Waals surface area contributed by atoms with Crippen molar-refractivity contribution in [2.75, 3.05) is 30.5 Å². The monoisotopic (exact) mass is 231 g/mol. The summed E-state index contributed by atoms with van der Waals surface area (Å²) in [5.41, 5.74) is 0. The van der Waals surface area contributed by atoms with Crippen molar-refractivity contribution in [3.63, 3.8) is 0 Å². The molecule has 1 aromatic heterocycles. The van der Waals surface area contributed by atoms with E-state index in [1.54, 1.807) is 0 Å². The van der Waals surface area contributed by atoms with E-state index in [0.29, 0.717) is 30.1 Å². The molecule has 0 aliphatic carbocycles. The largest absolute Gasteiger partial charge is 0.408 e. The number of alkyl halides is 1. The maximum atomic E-state index is 9.01. The maximum Gasteiger partial charge on any atom is 0.318 e. The lowest BCUT2D eigenvalue weighted by atomic mass is 10.1. The minimum atomic E-state index is 0.221. The van der Waals surface area contributed by atoms with Gasteiger partial charge in [0.25, 0.3) is 0 Å². The second-order valence-electron chi connectivity index (χ2n) is 3.70. The van der Waals surface area contributed by atoms with E-state index in [9.17, 15) is 0 Å². The standard InChI is InChI=1S/C9H14ClN3O2/c10-3-1-8-11-12-9(15-8)13-4-2-7(5-13)6-14/h7,14H,1-6H2.